The molecule has 4 heteroatoms. The highest BCUT2D eigenvalue weighted by molar-refractivity contribution is 6.31. The summed E-state index contributed by atoms with van der Waals surface area (Å²) in [5, 5.41) is 0.781. The maximum Gasteiger partial charge on any atom is 0.247 e. The van der Waals surface area contributed by atoms with Gasteiger partial charge >= 0.3 is 0 Å². The molecule has 0 saturated heterocycles. The lowest BCUT2D eigenvalue weighted by molar-refractivity contribution is -0.137. The number of carbonyl (C=O) groups is 1. The zero-order valence-electron chi connectivity index (χ0n) is 12.6. The van der Waals surface area contributed by atoms with Crippen LogP contribution in [0, 0.1) is 0 Å². The Kier molecular flexibility index (Phi) is 3.94. The van der Waals surface area contributed by atoms with Crippen LogP contribution >= 0.6 is 11.6 Å². The minimum atomic E-state index is -1.02. The van der Waals surface area contributed by atoms with E-state index in [0.29, 0.717) is 13.1 Å². The standard InChI is InChI=1S/C18H19ClN2O/c1-18(20,14-7-3-2-4-8-14)17(22)21-11-10-15-13(12-21)6-5-9-16(15)19/h2-9H,10-12,20H2,1H3. The van der Waals surface area contributed by atoms with Gasteiger partial charge in [0, 0.05) is 18.1 Å². The summed E-state index contributed by atoms with van der Waals surface area (Å²) in [7, 11) is 0. The first-order valence-corrected chi connectivity index (χ1v) is 7.78. The summed E-state index contributed by atoms with van der Waals surface area (Å²) in [6, 6.07) is 15.4. The van der Waals surface area contributed by atoms with E-state index in [2.05, 4.69) is 0 Å². The Morgan fingerprint density at radius 3 is 2.64 bits per heavy atom. The second-order valence-corrected chi connectivity index (χ2v) is 6.33. The number of nitrogens with zero attached hydrogens (tertiary/aromatic N) is 1. The predicted molar refractivity (Wildman–Crippen MR) is 88.6 cm³/mol. The lowest BCUT2D eigenvalue weighted by Gasteiger charge is -2.35. The van der Waals surface area contributed by atoms with Crippen LogP contribution in [0.2, 0.25) is 5.02 Å². The Morgan fingerprint density at radius 2 is 1.91 bits per heavy atom. The summed E-state index contributed by atoms with van der Waals surface area (Å²) in [6.07, 6.45) is 0.769. The first kappa shape index (κ1) is 15.1. The van der Waals surface area contributed by atoms with Crippen LogP contribution in [-0.4, -0.2) is 17.4 Å². The fraction of sp³-hybridized carbons (Fsp3) is 0.278. The number of benzene rings is 2. The molecule has 22 heavy (non-hydrogen) atoms. The number of hydrogen-bond donors (Lipinski definition) is 1. The van der Waals surface area contributed by atoms with Crippen LogP contribution in [0.5, 0.6) is 0 Å². The van der Waals surface area contributed by atoms with Crippen LogP contribution in [0.15, 0.2) is 48.5 Å². The zero-order chi connectivity index (χ0) is 15.7. The van der Waals surface area contributed by atoms with Gasteiger partial charge < -0.3 is 10.6 Å². The molecule has 3 nitrogen and oxygen atoms in total. The molecule has 1 aliphatic heterocycles. The summed E-state index contributed by atoms with van der Waals surface area (Å²) in [4.78, 5) is 14.7. The number of rotatable bonds is 2. The normalized spacial score (nSPS) is 16.8. The molecule has 0 spiro atoms. The van der Waals surface area contributed by atoms with E-state index in [1.54, 1.807) is 6.92 Å². The number of amides is 1. The van der Waals surface area contributed by atoms with Crippen LogP contribution in [0.1, 0.15) is 23.6 Å². The van der Waals surface area contributed by atoms with Crippen molar-refractivity contribution >= 4 is 17.5 Å². The van der Waals surface area contributed by atoms with E-state index in [1.807, 2.05) is 53.4 Å². The highest BCUT2D eigenvalue weighted by Crippen LogP contribution is 2.28. The molecule has 2 aromatic carbocycles. The van der Waals surface area contributed by atoms with Gasteiger partial charge in [-0.15, -0.1) is 0 Å². The molecule has 1 amide bonds. The fourth-order valence-electron chi connectivity index (χ4n) is 2.97. The Morgan fingerprint density at radius 1 is 1.18 bits per heavy atom. The number of nitrogens with two attached hydrogens (primary N) is 1. The fourth-order valence-corrected chi connectivity index (χ4v) is 3.26. The van der Waals surface area contributed by atoms with Gasteiger partial charge in [-0.3, -0.25) is 4.79 Å². The molecule has 3 rings (SSSR count). The van der Waals surface area contributed by atoms with Crippen molar-refractivity contribution in [3.63, 3.8) is 0 Å². The second-order valence-electron chi connectivity index (χ2n) is 5.92. The minimum Gasteiger partial charge on any atom is -0.336 e. The Hall–Kier alpha value is -1.84. The zero-order valence-corrected chi connectivity index (χ0v) is 13.3. The molecule has 1 aliphatic rings. The van der Waals surface area contributed by atoms with Gasteiger partial charge in [0.05, 0.1) is 0 Å². The highest BCUT2D eigenvalue weighted by Gasteiger charge is 2.35. The molecule has 0 bridgehead atoms. The lowest BCUT2D eigenvalue weighted by atomic mass is 9.90. The third-order valence-electron chi connectivity index (χ3n) is 4.31. The van der Waals surface area contributed by atoms with Crippen molar-refractivity contribution in [2.24, 2.45) is 5.73 Å². The summed E-state index contributed by atoms with van der Waals surface area (Å²) in [5.74, 6) is -0.0516. The predicted octanol–water partition coefficient (Wildman–Crippen LogP) is 3.10. The van der Waals surface area contributed by atoms with Crippen LogP contribution < -0.4 is 5.73 Å². The van der Waals surface area contributed by atoms with Crippen molar-refractivity contribution in [3.05, 3.63) is 70.2 Å². The topological polar surface area (TPSA) is 46.3 Å². The maximum atomic E-state index is 12.9. The molecule has 0 aliphatic carbocycles. The summed E-state index contributed by atoms with van der Waals surface area (Å²) >= 11 is 6.23. The van der Waals surface area contributed by atoms with E-state index in [9.17, 15) is 4.79 Å². The Bertz CT molecular complexity index is 697. The summed E-state index contributed by atoms with van der Waals surface area (Å²) < 4.78 is 0. The van der Waals surface area contributed by atoms with E-state index in [-0.39, 0.29) is 5.91 Å². The van der Waals surface area contributed by atoms with Gasteiger partial charge in [0.15, 0.2) is 0 Å². The molecule has 0 fully saturated rings. The van der Waals surface area contributed by atoms with E-state index >= 15 is 0 Å². The van der Waals surface area contributed by atoms with Crippen molar-refractivity contribution < 1.29 is 4.79 Å². The average molecular weight is 315 g/mol. The van der Waals surface area contributed by atoms with E-state index in [4.69, 9.17) is 17.3 Å². The molecule has 1 unspecified atom stereocenters. The van der Waals surface area contributed by atoms with E-state index < -0.39 is 5.54 Å². The SMILES string of the molecule is CC(N)(C(=O)N1CCc2c(Cl)cccc2C1)c1ccccc1. The molecular formula is C18H19ClN2O. The molecule has 0 radical (unpaired) electrons. The highest BCUT2D eigenvalue weighted by atomic mass is 35.5. The molecule has 1 heterocycles. The van der Waals surface area contributed by atoms with Gasteiger partial charge in [-0.1, -0.05) is 54.1 Å². The molecule has 0 saturated carbocycles. The molecule has 1 atom stereocenters. The lowest BCUT2D eigenvalue weighted by Crippen LogP contribution is -2.52. The third kappa shape index (κ3) is 2.62. The van der Waals surface area contributed by atoms with E-state index in [0.717, 1.165) is 28.1 Å². The van der Waals surface area contributed by atoms with Crippen molar-refractivity contribution in [3.8, 4) is 0 Å². The number of fused-ring (bicyclic) bond motifs is 1. The monoisotopic (exact) mass is 314 g/mol. The first-order chi connectivity index (χ1) is 10.5. The molecule has 2 N–H and O–H groups in total. The maximum absolute atomic E-state index is 12.9. The largest absolute Gasteiger partial charge is 0.336 e. The van der Waals surface area contributed by atoms with Crippen LogP contribution in [0.25, 0.3) is 0 Å². The number of carbonyl (C=O) groups excluding carboxylic acids is 1. The second kappa shape index (κ2) is 5.75. The third-order valence-corrected chi connectivity index (χ3v) is 4.67. The number of hydrogen-bond acceptors (Lipinski definition) is 2. The molecular weight excluding hydrogens is 296 g/mol. The van der Waals surface area contributed by atoms with E-state index in [1.165, 1.54) is 0 Å². The first-order valence-electron chi connectivity index (χ1n) is 7.40. The van der Waals surface area contributed by atoms with Crippen LogP contribution in [0.3, 0.4) is 0 Å². The number of halogens is 1. The molecule has 0 aromatic heterocycles. The van der Waals surface area contributed by atoms with Crippen molar-refractivity contribution in [1.82, 2.24) is 4.90 Å². The van der Waals surface area contributed by atoms with Gasteiger partial charge in [0.25, 0.3) is 0 Å². The van der Waals surface area contributed by atoms with Crippen molar-refractivity contribution in [1.29, 1.82) is 0 Å². The van der Waals surface area contributed by atoms with Crippen molar-refractivity contribution in [2.45, 2.75) is 25.4 Å². The molecule has 114 valence electrons. The van der Waals surface area contributed by atoms with Crippen LogP contribution in [0.4, 0.5) is 0 Å². The van der Waals surface area contributed by atoms with Gasteiger partial charge in [0.2, 0.25) is 5.91 Å². The Labute approximate surface area is 135 Å². The van der Waals surface area contributed by atoms with Gasteiger partial charge in [-0.05, 0) is 36.1 Å². The minimum absolute atomic E-state index is 0.0516. The van der Waals surface area contributed by atoms with Gasteiger partial charge in [-0.25, -0.2) is 0 Å². The summed E-state index contributed by atoms with van der Waals surface area (Å²) in [6.45, 7) is 2.99. The average Bonchev–Trinajstić information content (AvgIpc) is 2.55. The smallest absolute Gasteiger partial charge is 0.247 e. The van der Waals surface area contributed by atoms with Gasteiger partial charge in [-0.2, -0.15) is 0 Å². The summed E-state index contributed by atoms with van der Waals surface area (Å²) in [5.41, 5.74) is 8.41. The Balaban J connectivity index is 1.85. The van der Waals surface area contributed by atoms with Crippen LogP contribution in [-0.2, 0) is 23.3 Å². The molecule has 2 aromatic rings. The van der Waals surface area contributed by atoms with Gasteiger partial charge in [0.1, 0.15) is 5.54 Å². The quantitative estimate of drug-likeness (QED) is 0.926. The van der Waals surface area contributed by atoms with Crippen molar-refractivity contribution in [2.75, 3.05) is 6.54 Å².